The van der Waals surface area contributed by atoms with Gasteiger partial charge in [0, 0.05) is 13.6 Å². The number of carbonyl (C=O) groups is 2. The smallest absolute Gasteiger partial charge is 0.363 e. The van der Waals surface area contributed by atoms with Crippen LogP contribution in [0.5, 0.6) is 5.75 Å². The molecule has 1 heterocycles. The van der Waals surface area contributed by atoms with Crippen molar-refractivity contribution >= 4 is 108 Å². The molecule has 6 nitrogen and oxygen atoms in total. The minimum absolute atomic E-state index is 0.161. The molecule has 1 aliphatic heterocycles. The van der Waals surface area contributed by atoms with E-state index in [4.69, 9.17) is 14.2 Å². The molecule has 0 bridgehead atoms. The number of ether oxygens (including phenoxy) is 3. The number of hydrogen-bond acceptors (Lipinski definition) is 6. The van der Waals surface area contributed by atoms with Crippen LogP contribution in [0.15, 0.2) is 45.5 Å². The monoisotopic (exact) mass is 807 g/mol. The van der Waals surface area contributed by atoms with Crippen LogP contribution >= 0.6 is 83.7 Å². The van der Waals surface area contributed by atoms with E-state index in [1.807, 2.05) is 30.3 Å². The van der Waals surface area contributed by atoms with E-state index in [2.05, 4.69) is 88.7 Å². The van der Waals surface area contributed by atoms with E-state index in [9.17, 15) is 9.59 Å². The Balaban J connectivity index is 1.83. The van der Waals surface area contributed by atoms with Crippen molar-refractivity contribution in [2.75, 3.05) is 13.2 Å². The molecule has 0 unspecified atom stereocenters. The number of esters is 2. The van der Waals surface area contributed by atoms with Crippen molar-refractivity contribution in [3.8, 4) is 5.75 Å². The van der Waals surface area contributed by atoms with E-state index >= 15 is 0 Å². The van der Waals surface area contributed by atoms with Crippen LogP contribution in [0.2, 0.25) is 0 Å². The molecule has 0 radical (unpaired) electrons. The summed E-state index contributed by atoms with van der Waals surface area (Å²) in [4.78, 5) is 28.2. The van der Waals surface area contributed by atoms with Crippen LogP contribution in [0, 0.1) is 10.7 Å². The molecule has 0 aromatic heterocycles. The summed E-state index contributed by atoms with van der Waals surface area (Å²) in [6, 6.07) is 9.32. The molecule has 0 N–H and O–H groups in total. The summed E-state index contributed by atoms with van der Waals surface area (Å²) in [6.07, 6.45) is 1.66. The van der Waals surface area contributed by atoms with Gasteiger partial charge in [0.05, 0.1) is 13.7 Å². The summed E-state index contributed by atoms with van der Waals surface area (Å²) in [6.45, 7) is 1.89. The van der Waals surface area contributed by atoms with Gasteiger partial charge in [0.15, 0.2) is 12.3 Å². The zero-order chi connectivity index (χ0) is 21.8. The van der Waals surface area contributed by atoms with Crippen molar-refractivity contribution in [3.63, 3.8) is 0 Å². The average Bonchev–Trinajstić information content (AvgIpc) is 3.04. The van der Waals surface area contributed by atoms with Gasteiger partial charge in [-0.3, -0.25) is 0 Å². The molecule has 30 heavy (non-hydrogen) atoms. The zero-order valence-electron chi connectivity index (χ0n) is 15.4. The number of nitrogens with zero attached hydrogens (tertiary/aromatic N) is 1. The Hall–Kier alpha value is -0.740. The van der Waals surface area contributed by atoms with Crippen LogP contribution in [0.25, 0.3) is 6.08 Å². The predicted octanol–water partition coefficient (Wildman–Crippen LogP) is 5.55. The first-order valence-electron chi connectivity index (χ1n) is 8.54. The normalized spacial score (nSPS) is 14.5. The predicted molar refractivity (Wildman–Crippen MR) is 141 cm³/mol. The Bertz CT molecular complexity index is 1060. The maximum Gasteiger partial charge on any atom is 0.363 e. The minimum atomic E-state index is -0.507. The summed E-state index contributed by atoms with van der Waals surface area (Å²) in [5, 5.41) is 0. The number of benzene rings is 2. The van der Waals surface area contributed by atoms with Crippen LogP contribution < -0.4 is 4.74 Å². The molecule has 0 amide bonds. The molecular weight excluding hydrogens is 795 g/mol. The standard InChI is InChI=1S/C20H13BrI3NO5/c1-2-28-17(26)9-29-18-14(23)5-10(6-15(18)24)7-16-20(27)30-19(25-16)11-3-4-13(22)12(21)8-11/h3-8H,2,9H2,1H3/b16-7-. The maximum atomic E-state index is 12.3. The summed E-state index contributed by atoms with van der Waals surface area (Å²) in [5.41, 5.74) is 1.70. The Morgan fingerprint density at radius 1 is 1.17 bits per heavy atom. The largest absolute Gasteiger partial charge is 0.480 e. The fraction of sp³-hybridized carbons (Fsp3) is 0.150. The molecule has 0 saturated heterocycles. The second kappa shape index (κ2) is 10.7. The van der Waals surface area contributed by atoms with E-state index in [0.717, 1.165) is 20.7 Å². The quantitative estimate of drug-likeness (QED) is 0.218. The molecule has 10 heteroatoms. The molecule has 0 fully saturated rings. The molecule has 1 aliphatic rings. The van der Waals surface area contributed by atoms with Gasteiger partial charge in [0.25, 0.3) is 0 Å². The van der Waals surface area contributed by atoms with E-state index in [-0.39, 0.29) is 18.2 Å². The Kier molecular flexibility index (Phi) is 8.55. The van der Waals surface area contributed by atoms with Gasteiger partial charge < -0.3 is 14.2 Å². The number of rotatable bonds is 6. The lowest BCUT2D eigenvalue weighted by Gasteiger charge is -2.11. The topological polar surface area (TPSA) is 74.2 Å². The lowest BCUT2D eigenvalue weighted by Crippen LogP contribution is -2.15. The molecular formula is C20H13BrI3NO5. The first kappa shape index (κ1) is 23.9. The fourth-order valence-electron chi connectivity index (χ4n) is 2.45. The molecule has 3 rings (SSSR count). The number of aliphatic imine (C=N–C) groups is 1. The van der Waals surface area contributed by atoms with E-state index in [1.165, 1.54) is 0 Å². The molecule has 156 valence electrons. The first-order chi connectivity index (χ1) is 14.3. The highest BCUT2D eigenvalue weighted by Crippen LogP contribution is 2.31. The molecule has 2 aromatic rings. The number of halogens is 4. The van der Waals surface area contributed by atoms with Gasteiger partial charge in [-0.05, 0) is 133 Å². The summed E-state index contributed by atoms with van der Waals surface area (Å²) < 4.78 is 19.4. The number of carbonyl (C=O) groups excluding carboxylic acids is 2. The second-order valence-corrected chi connectivity index (χ2v) is 10.2. The van der Waals surface area contributed by atoms with Crippen LogP contribution in [0.4, 0.5) is 0 Å². The third kappa shape index (κ3) is 5.94. The van der Waals surface area contributed by atoms with Crippen LogP contribution in [0.3, 0.4) is 0 Å². The highest BCUT2D eigenvalue weighted by Gasteiger charge is 2.25. The third-order valence-corrected chi connectivity index (χ3v) is 7.69. The van der Waals surface area contributed by atoms with Gasteiger partial charge in [0.2, 0.25) is 5.90 Å². The minimum Gasteiger partial charge on any atom is -0.480 e. The Morgan fingerprint density at radius 3 is 2.50 bits per heavy atom. The van der Waals surface area contributed by atoms with Crippen LogP contribution in [-0.2, 0) is 19.1 Å². The molecule has 0 saturated carbocycles. The first-order valence-corrected chi connectivity index (χ1v) is 12.6. The highest BCUT2D eigenvalue weighted by atomic mass is 127. The second-order valence-electron chi connectivity index (χ2n) is 5.87. The van der Waals surface area contributed by atoms with Gasteiger partial charge >= 0.3 is 11.9 Å². The maximum absolute atomic E-state index is 12.3. The lowest BCUT2D eigenvalue weighted by molar-refractivity contribution is -0.145. The van der Waals surface area contributed by atoms with Crippen molar-refractivity contribution in [1.29, 1.82) is 0 Å². The number of hydrogen-bond donors (Lipinski definition) is 0. The van der Waals surface area contributed by atoms with Crippen molar-refractivity contribution in [1.82, 2.24) is 0 Å². The average molecular weight is 808 g/mol. The molecule has 0 aliphatic carbocycles. The van der Waals surface area contributed by atoms with Crippen LogP contribution in [0.1, 0.15) is 18.1 Å². The SMILES string of the molecule is CCOC(=O)COc1c(I)cc(/C=C2\N=C(c3ccc(I)c(Br)c3)OC2=O)cc1I. The summed E-state index contributed by atoms with van der Waals surface area (Å²) in [5.74, 6) is -0.0733. The Morgan fingerprint density at radius 2 is 1.87 bits per heavy atom. The van der Waals surface area contributed by atoms with E-state index in [0.29, 0.717) is 17.9 Å². The van der Waals surface area contributed by atoms with Crippen molar-refractivity contribution < 1.29 is 23.8 Å². The lowest BCUT2D eigenvalue weighted by atomic mass is 10.2. The van der Waals surface area contributed by atoms with E-state index < -0.39 is 11.9 Å². The third-order valence-electron chi connectivity index (χ3n) is 3.75. The van der Waals surface area contributed by atoms with Crippen molar-refractivity contribution in [2.24, 2.45) is 4.99 Å². The molecule has 0 atom stereocenters. The fourth-order valence-corrected chi connectivity index (χ4v) is 5.30. The Labute approximate surface area is 222 Å². The molecule has 0 spiro atoms. The van der Waals surface area contributed by atoms with Gasteiger partial charge in [0.1, 0.15) is 5.75 Å². The number of cyclic esters (lactones) is 1. The molecule has 2 aromatic carbocycles. The highest BCUT2D eigenvalue weighted by molar-refractivity contribution is 14.1. The van der Waals surface area contributed by atoms with Crippen LogP contribution in [-0.4, -0.2) is 31.1 Å². The van der Waals surface area contributed by atoms with Gasteiger partial charge in [-0.25, -0.2) is 14.6 Å². The van der Waals surface area contributed by atoms with Gasteiger partial charge in [-0.2, -0.15) is 0 Å². The zero-order valence-corrected chi connectivity index (χ0v) is 23.4. The van der Waals surface area contributed by atoms with Crippen molar-refractivity contribution in [3.05, 3.63) is 62.3 Å². The summed E-state index contributed by atoms with van der Waals surface area (Å²) >= 11 is 9.92. The van der Waals surface area contributed by atoms with Crippen molar-refractivity contribution in [2.45, 2.75) is 6.92 Å². The van der Waals surface area contributed by atoms with E-state index in [1.54, 1.807) is 13.0 Å². The van der Waals surface area contributed by atoms with Gasteiger partial charge in [-0.15, -0.1) is 0 Å². The van der Waals surface area contributed by atoms with Gasteiger partial charge in [-0.1, -0.05) is 0 Å². The summed E-state index contributed by atoms with van der Waals surface area (Å²) in [7, 11) is 0.